The molecule has 0 unspecified atom stereocenters. The number of rotatable bonds is 9. The second-order valence-corrected chi connectivity index (χ2v) is 8.97. The molecule has 172 valence electrons. The highest BCUT2D eigenvalue weighted by molar-refractivity contribution is 7.13. The standard InChI is InChI=1S/C26H23BF2N2O2S/c1-18(2)25(32)17-33-23-12-6-19(7-13-23)5-8-20-9-10-21(30-20)16-22-11-14-24(31(22)27(28)29)26-4-3-15-34-26/h3-16,18H,17H2,1-2H3/b8-5+,21-16-. The summed E-state index contributed by atoms with van der Waals surface area (Å²) in [6, 6.07) is 14.5. The molecule has 3 aromatic rings. The lowest BCUT2D eigenvalue weighted by Crippen LogP contribution is -2.16. The molecule has 4 rings (SSSR count). The molecule has 0 saturated heterocycles. The fourth-order valence-electron chi connectivity index (χ4n) is 3.32. The summed E-state index contributed by atoms with van der Waals surface area (Å²) in [7, 11) is -2.65. The number of carbonyl (C=O) groups is 1. The molecular formula is C26H23BF2N2O2S. The number of hydrogen-bond donors (Lipinski definition) is 0. The van der Waals surface area contributed by atoms with Gasteiger partial charge in [-0.25, -0.2) is 4.99 Å². The molecule has 0 bridgehead atoms. The zero-order valence-electron chi connectivity index (χ0n) is 18.8. The van der Waals surface area contributed by atoms with Crippen molar-refractivity contribution in [2.24, 2.45) is 10.9 Å². The topological polar surface area (TPSA) is 43.6 Å². The molecule has 8 heteroatoms. The van der Waals surface area contributed by atoms with E-state index in [9.17, 15) is 13.4 Å². The van der Waals surface area contributed by atoms with Gasteiger partial charge in [-0.2, -0.15) is 0 Å². The van der Waals surface area contributed by atoms with Crippen LogP contribution in [0, 0.1) is 5.92 Å². The lowest BCUT2D eigenvalue weighted by atomic mass is 10.1. The van der Waals surface area contributed by atoms with Crippen LogP contribution in [-0.2, 0) is 4.79 Å². The number of nitrogens with zero attached hydrogens (tertiary/aromatic N) is 2. The molecule has 0 spiro atoms. The van der Waals surface area contributed by atoms with Gasteiger partial charge < -0.3 is 9.21 Å². The summed E-state index contributed by atoms with van der Waals surface area (Å²) in [4.78, 5) is 17.0. The maximum Gasteiger partial charge on any atom is 0.678 e. The zero-order chi connectivity index (χ0) is 24.1. The van der Waals surface area contributed by atoms with E-state index < -0.39 is 7.40 Å². The number of ether oxygens (including phenoxy) is 1. The predicted molar refractivity (Wildman–Crippen MR) is 136 cm³/mol. The highest BCUT2D eigenvalue weighted by Gasteiger charge is 2.24. The van der Waals surface area contributed by atoms with Crippen LogP contribution in [0.1, 0.15) is 25.1 Å². The number of thiophene rings is 1. The molecule has 0 atom stereocenters. The third-order valence-electron chi connectivity index (χ3n) is 5.25. The summed E-state index contributed by atoms with van der Waals surface area (Å²) in [6.45, 7) is 3.76. The Hall–Kier alpha value is -3.52. The van der Waals surface area contributed by atoms with Crippen molar-refractivity contribution in [1.29, 1.82) is 0 Å². The zero-order valence-corrected chi connectivity index (χ0v) is 19.6. The van der Waals surface area contributed by atoms with Gasteiger partial charge in [0.1, 0.15) is 12.4 Å². The van der Waals surface area contributed by atoms with Crippen molar-refractivity contribution in [2.45, 2.75) is 13.8 Å². The Labute approximate surface area is 201 Å². The van der Waals surface area contributed by atoms with Gasteiger partial charge in [-0.05, 0) is 65.6 Å². The Morgan fingerprint density at radius 2 is 1.91 bits per heavy atom. The van der Waals surface area contributed by atoms with E-state index in [1.807, 2.05) is 73.9 Å². The van der Waals surface area contributed by atoms with E-state index in [1.54, 1.807) is 24.3 Å². The van der Waals surface area contributed by atoms with E-state index in [1.165, 1.54) is 11.3 Å². The second-order valence-electron chi connectivity index (χ2n) is 8.02. The van der Waals surface area contributed by atoms with Crippen LogP contribution in [0.5, 0.6) is 5.75 Å². The summed E-state index contributed by atoms with van der Waals surface area (Å²) < 4.78 is 34.1. The van der Waals surface area contributed by atoms with E-state index in [0.717, 1.165) is 20.6 Å². The number of aromatic nitrogens is 1. The molecule has 1 aromatic carbocycles. The predicted octanol–water partition coefficient (Wildman–Crippen LogP) is 6.66. The molecule has 0 amide bonds. The van der Waals surface area contributed by atoms with Crippen LogP contribution in [0.3, 0.4) is 0 Å². The number of ketones is 1. The van der Waals surface area contributed by atoms with Crippen LogP contribution in [0.4, 0.5) is 8.63 Å². The van der Waals surface area contributed by atoms with Crippen LogP contribution < -0.4 is 4.74 Å². The number of halogens is 2. The SMILES string of the molecule is CC(C)C(=O)COc1ccc(/C=C/C2=NC(=C\c3ccc(-c4cccs4)n3B(F)F)/C=C2)cc1. The quantitative estimate of drug-likeness (QED) is 0.324. The molecule has 1 aliphatic rings. The van der Waals surface area contributed by atoms with Crippen molar-refractivity contribution in [1.82, 2.24) is 4.48 Å². The Balaban J connectivity index is 1.44. The number of Topliss-reactive ketones (excluding diaryl/α,β-unsaturated/α-hetero) is 1. The molecule has 0 aliphatic carbocycles. The Kier molecular flexibility index (Phi) is 7.38. The van der Waals surface area contributed by atoms with Gasteiger partial charge in [0.25, 0.3) is 0 Å². The van der Waals surface area contributed by atoms with E-state index in [-0.39, 0.29) is 18.3 Å². The van der Waals surface area contributed by atoms with Crippen molar-refractivity contribution in [3.63, 3.8) is 0 Å². The average Bonchev–Trinajstić information content (AvgIpc) is 3.57. The number of hydrogen-bond acceptors (Lipinski definition) is 4. The number of allylic oxidation sites excluding steroid dienone is 3. The van der Waals surface area contributed by atoms with Gasteiger partial charge in [-0.1, -0.05) is 38.1 Å². The number of aliphatic imine (C=N–C) groups is 1. The Bertz CT molecular complexity index is 1270. The van der Waals surface area contributed by atoms with E-state index in [0.29, 0.717) is 22.8 Å². The first kappa shape index (κ1) is 23.6. The molecule has 4 nitrogen and oxygen atoms in total. The monoisotopic (exact) mass is 476 g/mol. The lowest BCUT2D eigenvalue weighted by Gasteiger charge is -2.07. The first-order valence-electron chi connectivity index (χ1n) is 10.9. The highest BCUT2D eigenvalue weighted by atomic mass is 32.1. The third kappa shape index (κ3) is 5.69. The average molecular weight is 476 g/mol. The van der Waals surface area contributed by atoms with Crippen LogP contribution >= 0.6 is 11.3 Å². The molecule has 0 fully saturated rings. The van der Waals surface area contributed by atoms with Crippen LogP contribution in [0.2, 0.25) is 0 Å². The smallest absolute Gasteiger partial charge is 0.486 e. The molecule has 3 heterocycles. The summed E-state index contributed by atoms with van der Waals surface area (Å²) in [5, 5.41) is 1.87. The first-order chi connectivity index (χ1) is 16.4. The second kappa shape index (κ2) is 10.6. The molecule has 34 heavy (non-hydrogen) atoms. The van der Waals surface area contributed by atoms with E-state index >= 15 is 0 Å². The summed E-state index contributed by atoms with van der Waals surface area (Å²) >= 11 is 1.43. The summed E-state index contributed by atoms with van der Waals surface area (Å²) in [6.07, 6.45) is 9.07. The van der Waals surface area contributed by atoms with Gasteiger partial charge in [0.2, 0.25) is 0 Å². The fourth-order valence-corrected chi connectivity index (χ4v) is 4.07. The van der Waals surface area contributed by atoms with Gasteiger partial charge in [-0.15, -0.1) is 11.3 Å². The maximum absolute atomic E-state index is 13.8. The lowest BCUT2D eigenvalue weighted by molar-refractivity contribution is -0.123. The normalized spacial score (nSPS) is 14.4. The fraction of sp³-hybridized carbons (Fsp3) is 0.154. The highest BCUT2D eigenvalue weighted by Crippen LogP contribution is 2.29. The molecule has 1 aliphatic heterocycles. The van der Waals surface area contributed by atoms with Crippen LogP contribution in [0.25, 0.3) is 22.7 Å². The molecule has 0 N–H and O–H groups in total. The van der Waals surface area contributed by atoms with E-state index in [4.69, 9.17) is 4.74 Å². The Morgan fingerprint density at radius 1 is 1.12 bits per heavy atom. The van der Waals surface area contributed by atoms with Crippen molar-refractivity contribution >= 4 is 42.4 Å². The van der Waals surface area contributed by atoms with Crippen LogP contribution in [0.15, 0.2) is 82.8 Å². The van der Waals surface area contributed by atoms with Gasteiger partial charge in [0.15, 0.2) is 5.78 Å². The largest absolute Gasteiger partial charge is 0.678 e. The van der Waals surface area contributed by atoms with Crippen molar-refractivity contribution in [3.05, 3.63) is 89.1 Å². The van der Waals surface area contributed by atoms with Gasteiger partial charge >= 0.3 is 7.40 Å². The molecule has 0 radical (unpaired) electrons. The van der Waals surface area contributed by atoms with Crippen molar-refractivity contribution < 1.29 is 18.2 Å². The minimum atomic E-state index is -2.65. The summed E-state index contributed by atoms with van der Waals surface area (Å²) in [5.41, 5.74) is 3.17. The number of benzene rings is 1. The minimum Gasteiger partial charge on any atom is -0.486 e. The summed E-state index contributed by atoms with van der Waals surface area (Å²) in [5.74, 6) is 0.643. The van der Waals surface area contributed by atoms with Gasteiger partial charge in [0.05, 0.1) is 17.1 Å². The third-order valence-corrected chi connectivity index (χ3v) is 6.14. The van der Waals surface area contributed by atoms with E-state index in [2.05, 4.69) is 4.99 Å². The first-order valence-corrected chi connectivity index (χ1v) is 11.7. The Morgan fingerprint density at radius 3 is 2.59 bits per heavy atom. The minimum absolute atomic E-state index is 0.0518. The van der Waals surface area contributed by atoms with Crippen molar-refractivity contribution in [2.75, 3.05) is 6.61 Å². The van der Waals surface area contributed by atoms with Crippen molar-refractivity contribution in [3.8, 4) is 16.3 Å². The van der Waals surface area contributed by atoms with Gasteiger partial charge in [0, 0.05) is 16.5 Å². The maximum atomic E-state index is 13.8. The van der Waals surface area contributed by atoms with Crippen LogP contribution in [-0.4, -0.2) is 30.0 Å². The molecular weight excluding hydrogens is 453 g/mol. The van der Waals surface area contributed by atoms with Gasteiger partial charge in [-0.3, -0.25) is 13.4 Å². The molecule has 0 saturated carbocycles. The number of carbonyl (C=O) groups excluding carboxylic acids is 1. The molecule has 2 aromatic heterocycles.